The SMILES string of the molecule is CCOCCNCCn1nc(C)c(Br)c1C. The summed E-state index contributed by atoms with van der Waals surface area (Å²) < 4.78 is 8.37. The van der Waals surface area contributed by atoms with Crippen LogP contribution in [0, 0.1) is 13.8 Å². The van der Waals surface area contributed by atoms with E-state index >= 15 is 0 Å². The summed E-state index contributed by atoms with van der Waals surface area (Å²) in [6.07, 6.45) is 0. The largest absolute Gasteiger partial charge is 0.380 e. The molecule has 0 atom stereocenters. The Balaban J connectivity index is 2.24. The molecule has 0 saturated carbocycles. The van der Waals surface area contributed by atoms with Crippen molar-refractivity contribution in [1.82, 2.24) is 15.1 Å². The summed E-state index contributed by atoms with van der Waals surface area (Å²) in [5.74, 6) is 0. The minimum Gasteiger partial charge on any atom is -0.380 e. The molecule has 0 aliphatic rings. The molecule has 0 radical (unpaired) electrons. The maximum atomic E-state index is 5.24. The van der Waals surface area contributed by atoms with Crippen LogP contribution >= 0.6 is 15.9 Å². The third-order valence-electron chi connectivity index (χ3n) is 2.42. The van der Waals surface area contributed by atoms with Crippen molar-refractivity contribution < 1.29 is 4.74 Å². The van der Waals surface area contributed by atoms with E-state index in [-0.39, 0.29) is 0 Å². The van der Waals surface area contributed by atoms with E-state index in [0.29, 0.717) is 0 Å². The maximum Gasteiger partial charge on any atom is 0.0738 e. The van der Waals surface area contributed by atoms with Gasteiger partial charge in [0.15, 0.2) is 0 Å². The molecule has 0 saturated heterocycles. The molecule has 4 nitrogen and oxygen atoms in total. The molecule has 0 amide bonds. The highest BCUT2D eigenvalue weighted by molar-refractivity contribution is 9.10. The molecule has 1 N–H and O–H groups in total. The third kappa shape index (κ3) is 3.88. The molecule has 16 heavy (non-hydrogen) atoms. The zero-order valence-corrected chi connectivity index (χ0v) is 11.8. The van der Waals surface area contributed by atoms with E-state index in [4.69, 9.17) is 4.74 Å². The molecule has 0 unspecified atom stereocenters. The fourth-order valence-electron chi connectivity index (χ4n) is 1.49. The monoisotopic (exact) mass is 289 g/mol. The zero-order chi connectivity index (χ0) is 12.0. The van der Waals surface area contributed by atoms with Gasteiger partial charge in [0.25, 0.3) is 0 Å². The normalized spacial score (nSPS) is 11.0. The summed E-state index contributed by atoms with van der Waals surface area (Å²) in [5, 5.41) is 7.77. The molecule has 0 spiro atoms. The lowest BCUT2D eigenvalue weighted by molar-refractivity contribution is 0.149. The lowest BCUT2D eigenvalue weighted by atomic mass is 10.4. The van der Waals surface area contributed by atoms with Gasteiger partial charge in [0.05, 0.1) is 23.3 Å². The average molecular weight is 290 g/mol. The van der Waals surface area contributed by atoms with Gasteiger partial charge in [0.1, 0.15) is 0 Å². The summed E-state index contributed by atoms with van der Waals surface area (Å²) in [6.45, 7) is 10.4. The molecular formula is C11H20BrN3O. The number of halogens is 1. The molecule has 0 aromatic carbocycles. The van der Waals surface area contributed by atoms with E-state index in [1.807, 2.05) is 18.5 Å². The molecule has 0 bridgehead atoms. The van der Waals surface area contributed by atoms with Gasteiger partial charge in [-0.15, -0.1) is 0 Å². The molecule has 1 heterocycles. The molecule has 1 aromatic heterocycles. The Morgan fingerprint density at radius 3 is 2.69 bits per heavy atom. The van der Waals surface area contributed by atoms with E-state index in [1.165, 1.54) is 5.69 Å². The van der Waals surface area contributed by atoms with Gasteiger partial charge < -0.3 is 10.1 Å². The first-order chi connectivity index (χ1) is 7.66. The van der Waals surface area contributed by atoms with Crippen molar-refractivity contribution in [2.75, 3.05) is 26.3 Å². The Bertz CT molecular complexity index is 325. The maximum absolute atomic E-state index is 5.24. The first kappa shape index (κ1) is 13.7. The van der Waals surface area contributed by atoms with Crippen LogP contribution in [-0.4, -0.2) is 36.1 Å². The van der Waals surface area contributed by atoms with Crippen LogP contribution in [0.15, 0.2) is 4.47 Å². The predicted molar refractivity (Wildman–Crippen MR) is 68.8 cm³/mol. The Kier molecular flexibility index (Phi) is 6.01. The smallest absolute Gasteiger partial charge is 0.0738 e. The summed E-state index contributed by atoms with van der Waals surface area (Å²) in [4.78, 5) is 0. The summed E-state index contributed by atoms with van der Waals surface area (Å²) in [7, 11) is 0. The van der Waals surface area contributed by atoms with E-state index < -0.39 is 0 Å². The Morgan fingerprint density at radius 1 is 1.38 bits per heavy atom. The number of aromatic nitrogens is 2. The van der Waals surface area contributed by atoms with E-state index in [9.17, 15) is 0 Å². The highest BCUT2D eigenvalue weighted by Crippen LogP contribution is 2.19. The van der Waals surface area contributed by atoms with Crippen molar-refractivity contribution >= 4 is 15.9 Å². The lowest BCUT2D eigenvalue weighted by Gasteiger charge is -2.06. The van der Waals surface area contributed by atoms with Crippen LogP contribution < -0.4 is 5.32 Å². The zero-order valence-electron chi connectivity index (χ0n) is 10.2. The number of aryl methyl sites for hydroxylation is 1. The van der Waals surface area contributed by atoms with E-state index in [2.05, 4.69) is 33.3 Å². The summed E-state index contributed by atoms with van der Waals surface area (Å²) in [6, 6.07) is 0. The molecule has 5 heteroatoms. The van der Waals surface area contributed by atoms with Crippen LogP contribution in [0.25, 0.3) is 0 Å². The van der Waals surface area contributed by atoms with Crippen molar-refractivity contribution in [2.24, 2.45) is 0 Å². The van der Waals surface area contributed by atoms with Crippen molar-refractivity contribution in [3.05, 3.63) is 15.9 Å². The molecule has 0 fully saturated rings. The number of ether oxygens (including phenoxy) is 1. The molecule has 1 aromatic rings. The van der Waals surface area contributed by atoms with Gasteiger partial charge in [0.2, 0.25) is 0 Å². The van der Waals surface area contributed by atoms with Gasteiger partial charge >= 0.3 is 0 Å². The highest BCUT2D eigenvalue weighted by atomic mass is 79.9. The highest BCUT2D eigenvalue weighted by Gasteiger charge is 2.07. The molecule has 92 valence electrons. The van der Waals surface area contributed by atoms with E-state index in [0.717, 1.165) is 43.0 Å². The summed E-state index contributed by atoms with van der Waals surface area (Å²) >= 11 is 3.52. The van der Waals surface area contributed by atoms with Crippen LogP contribution in [-0.2, 0) is 11.3 Å². The molecule has 0 aliphatic heterocycles. The van der Waals surface area contributed by atoms with E-state index in [1.54, 1.807) is 0 Å². The van der Waals surface area contributed by atoms with Crippen molar-refractivity contribution in [3.63, 3.8) is 0 Å². The quantitative estimate of drug-likeness (QED) is 0.779. The number of hydrogen-bond donors (Lipinski definition) is 1. The van der Waals surface area contributed by atoms with Gasteiger partial charge in [-0.25, -0.2) is 0 Å². The van der Waals surface area contributed by atoms with Gasteiger partial charge in [-0.2, -0.15) is 5.10 Å². The first-order valence-electron chi connectivity index (χ1n) is 5.64. The minimum absolute atomic E-state index is 0.775. The fourth-order valence-corrected chi connectivity index (χ4v) is 1.78. The van der Waals surface area contributed by atoms with Crippen molar-refractivity contribution in [1.29, 1.82) is 0 Å². The second-order valence-corrected chi connectivity index (χ2v) is 4.45. The molecule has 1 rings (SSSR count). The van der Waals surface area contributed by atoms with Crippen LogP contribution in [0.5, 0.6) is 0 Å². The van der Waals surface area contributed by atoms with Crippen LogP contribution in [0.1, 0.15) is 18.3 Å². The van der Waals surface area contributed by atoms with Crippen molar-refractivity contribution in [2.45, 2.75) is 27.3 Å². The Morgan fingerprint density at radius 2 is 2.12 bits per heavy atom. The van der Waals surface area contributed by atoms with Gasteiger partial charge in [-0.1, -0.05) is 0 Å². The number of nitrogens with zero attached hydrogens (tertiary/aromatic N) is 2. The number of rotatable bonds is 7. The third-order valence-corrected chi connectivity index (χ3v) is 3.57. The second kappa shape index (κ2) is 7.04. The van der Waals surface area contributed by atoms with Crippen LogP contribution in [0.2, 0.25) is 0 Å². The minimum atomic E-state index is 0.775. The van der Waals surface area contributed by atoms with Gasteiger partial charge in [-0.05, 0) is 36.7 Å². The Hall–Kier alpha value is -0.390. The first-order valence-corrected chi connectivity index (χ1v) is 6.44. The second-order valence-electron chi connectivity index (χ2n) is 3.65. The topological polar surface area (TPSA) is 39.1 Å². The van der Waals surface area contributed by atoms with Gasteiger partial charge in [-0.3, -0.25) is 4.68 Å². The van der Waals surface area contributed by atoms with Gasteiger partial charge in [0, 0.05) is 25.4 Å². The predicted octanol–water partition coefficient (Wildman–Crippen LogP) is 1.89. The van der Waals surface area contributed by atoms with Crippen LogP contribution in [0.3, 0.4) is 0 Å². The Labute approximate surface area is 105 Å². The number of nitrogens with one attached hydrogen (secondary N) is 1. The van der Waals surface area contributed by atoms with Crippen LogP contribution in [0.4, 0.5) is 0 Å². The average Bonchev–Trinajstić information content (AvgIpc) is 2.51. The van der Waals surface area contributed by atoms with Crippen molar-refractivity contribution in [3.8, 4) is 0 Å². The molecular weight excluding hydrogens is 270 g/mol. The number of hydrogen-bond acceptors (Lipinski definition) is 3. The standard InChI is InChI=1S/C11H20BrN3O/c1-4-16-8-6-13-5-7-15-10(3)11(12)9(2)14-15/h13H,4-8H2,1-3H3. The summed E-state index contributed by atoms with van der Waals surface area (Å²) in [5.41, 5.74) is 2.23. The molecule has 0 aliphatic carbocycles. The fraction of sp³-hybridized carbons (Fsp3) is 0.727. The lowest BCUT2D eigenvalue weighted by Crippen LogP contribution is -2.24.